The number of hydrogen-bond donors (Lipinski definition) is 1. The molecule has 0 spiro atoms. The number of nitrogens with one attached hydrogen (secondary N) is 1. The van der Waals surface area contributed by atoms with Gasteiger partial charge in [-0.1, -0.05) is 17.7 Å². The maximum atomic E-state index is 12.6. The van der Waals surface area contributed by atoms with Crippen molar-refractivity contribution in [1.29, 1.82) is 0 Å². The van der Waals surface area contributed by atoms with E-state index in [1.165, 1.54) is 0 Å². The molecule has 1 N–H and O–H groups in total. The van der Waals surface area contributed by atoms with Crippen LogP contribution in [0.4, 0.5) is 5.69 Å². The SMILES string of the molecule is COc1ccc(CC(=O)NC2CCN(CCCN3C(=O)COc4ccc(Cl)cc43)CC2)cc1OC. The number of carbonyl (C=O) groups excluding carboxylic acids is 2. The Labute approximate surface area is 211 Å². The van der Waals surface area contributed by atoms with Gasteiger partial charge >= 0.3 is 0 Å². The number of carbonyl (C=O) groups is 2. The molecule has 2 heterocycles. The lowest BCUT2D eigenvalue weighted by Crippen LogP contribution is -2.46. The lowest BCUT2D eigenvalue weighted by molar-refractivity contribution is -0.122. The van der Waals surface area contributed by atoms with Crippen LogP contribution in [0.1, 0.15) is 24.8 Å². The number of likely N-dealkylation sites (tertiary alicyclic amines) is 1. The minimum Gasteiger partial charge on any atom is -0.493 e. The molecule has 1 fully saturated rings. The monoisotopic (exact) mass is 501 g/mol. The van der Waals surface area contributed by atoms with Gasteiger partial charge in [-0.05, 0) is 61.7 Å². The number of ether oxygens (including phenoxy) is 3. The Balaban J connectivity index is 1.20. The maximum absolute atomic E-state index is 12.6. The van der Waals surface area contributed by atoms with E-state index < -0.39 is 0 Å². The van der Waals surface area contributed by atoms with Crippen molar-refractivity contribution in [1.82, 2.24) is 10.2 Å². The van der Waals surface area contributed by atoms with Gasteiger partial charge in [-0.25, -0.2) is 0 Å². The highest BCUT2D eigenvalue weighted by atomic mass is 35.5. The quantitative estimate of drug-likeness (QED) is 0.568. The number of halogens is 1. The Morgan fingerprint density at radius 1 is 1.09 bits per heavy atom. The summed E-state index contributed by atoms with van der Waals surface area (Å²) in [7, 11) is 3.18. The summed E-state index contributed by atoms with van der Waals surface area (Å²) in [5.74, 6) is 1.93. The summed E-state index contributed by atoms with van der Waals surface area (Å²) in [5.41, 5.74) is 1.63. The van der Waals surface area contributed by atoms with Crippen molar-refractivity contribution in [3.05, 3.63) is 47.0 Å². The van der Waals surface area contributed by atoms with E-state index >= 15 is 0 Å². The van der Waals surface area contributed by atoms with Crippen molar-refractivity contribution in [3.8, 4) is 17.2 Å². The Kier molecular flexibility index (Phi) is 8.36. The van der Waals surface area contributed by atoms with Crippen LogP contribution in [0.25, 0.3) is 0 Å². The smallest absolute Gasteiger partial charge is 0.265 e. The molecule has 0 unspecified atom stereocenters. The Bertz CT molecular complexity index is 1060. The summed E-state index contributed by atoms with van der Waals surface area (Å²) in [5, 5.41) is 3.75. The van der Waals surface area contributed by atoms with Crippen molar-refractivity contribution >= 4 is 29.1 Å². The minimum atomic E-state index is -0.0457. The summed E-state index contributed by atoms with van der Waals surface area (Å²) in [6, 6.07) is 11.1. The summed E-state index contributed by atoms with van der Waals surface area (Å²) >= 11 is 6.12. The van der Waals surface area contributed by atoms with Gasteiger partial charge in [0, 0.05) is 30.7 Å². The molecule has 2 aromatic rings. The molecular weight excluding hydrogens is 470 g/mol. The van der Waals surface area contributed by atoms with Crippen molar-refractivity contribution < 1.29 is 23.8 Å². The van der Waals surface area contributed by atoms with E-state index in [0.29, 0.717) is 35.2 Å². The normalized spacial score (nSPS) is 16.4. The van der Waals surface area contributed by atoms with Crippen molar-refractivity contribution in [2.75, 3.05) is 51.9 Å². The zero-order valence-corrected chi connectivity index (χ0v) is 21.0. The van der Waals surface area contributed by atoms with Crippen LogP contribution in [0, 0.1) is 0 Å². The highest BCUT2D eigenvalue weighted by Crippen LogP contribution is 2.34. The molecule has 35 heavy (non-hydrogen) atoms. The summed E-state index contributed by atoms with van der Waals surface area (Å²) in [4.78, 5) is 29.1. The molecule has 0 saturated carbocycles. The second-order valence-electron chi connectivity index (χ2n) is 8.85. The van der Waals surface area contributed by atoms with Crippen molar-refractivity contribution in [2.24, 2.45) is 0 Å². The average Bonchev–Trinajstić information content (AvgIpc) is 2.86. The number of piperidine rings is 1. The molecule has 0 aromatic heterocycles. The first-order valence-corrected chi connectivity index (χ1v) is 12.3. The summed E-state index contributed by atoms with van der Waals surface area (Å²) in [6.07, 6.45) is 2.98. The molecule has 4 rings (SSSR count). The van der Waals surface area contributed by atoms with E-state index in [-0.39, 0.29) is 24.5 Å². The molecule has 2 amide bonds. The first kappa shape index (κ1) is 25.1. The van der Waals surface area contributed by atoms with E-state index in [1.54, 1.807) is 37.3 Å². The third kappa shape index (κ3) is 6.38. The van der Waals surface area contributed by atoms with Gasteiger partial charge in [0.15, 0.2) is 18.1 Å². The van der Waals surface area contributed by atoms with Crippen LogP contribution >= 0.6 is 11.6 Å². The number of rotatable bonds is 9. The van der Waals surface area contributed by atoms with Crippen LogP contribution in [0.5, 0.6) is 17.2 Å². The maximum Gasteiger partial charge on any atom is 0.265 e. The zero-order valence-electron chi connectivity index (χ0n) is 20.2. The second-order valence-corrected chi connectivity index (χ2v) is 9.29. The van der Waals surface area contributed by atoms with Gasteiger partial charge in [-0.15, -0.1) is 0 Å². The minimum absolute atomic E-state index is 0.0128. The largest absolute Gasteiger partial charge is 0.493 e. The number of methoxy groups -OCH3 is 2. The molecule has 9 heteroatoms. The molecule has 0 radical (unpaired) electrons. The van der Waals surface area contributed by atoms with E-state index in [0.717, 1.165) is 50.1 Å². The molecule has 8 nitrogen and oxygen atoms in total. The van der Waals surface area contributed by atoms with Crippen LogP contribution < -0.4 is 24.4 Å². The van der Waals surface area contributed by atoms with E-state index in [2.05, 4.69) is 10.2 Å². The second kappa shape index (κ2) is 11.6. The predicted molar refractivity (Wildman–Crippen MR) is 135 cm³/mol. The topological polar surface area (TPSA) is 80.3 Å². The van der Waals surface area contributed by atoms with Gasteiger partial charge in [0.2, 0.25) is 5.91 Å². The molecule has 188 valence electrons. The fourth-order valence-electron chi connectivity index (χ4n) is 4.63. The Hall–Kier alpha value is -2.97. The van der Waals surface area contributed by atoms with Crippen LogP contribution in [-0.2, 0) is 16.0 Å². The zero-order chi connectivity index (χ0) is 24.8. The fourth-order valence-corrected chi connectivity index (χ4v) is 4.79. The standard InChI is InChI=1S/C26H32ClN3O5/c1-33-23-6-4-18(14-24(23)34-2)15-25(31)28-20-8-12-29(13-9-20)10-3-11-30-21-16-19(27)5-7-22(21)35-17-26(30)32/h4-7,14,16,20H,3,8-13,15,17H2,1-2H3,(H,28,31). The number of nitrogens with zero attached hydrogens (tertiary/aromatic N) is 2. The number of hydrogen-bond acceptors (Lipinski definition) is 6. The molecule has 0 aliphatic carbocycles. The predicted octanol–water partition coefficient (Wildman–Crippen LogP) is 3.30. The van der Waals surface area contributed by atoms with Crippen LogP contribution in [0.3, 0.4) is 0 Å². The van der Waals surface area contributed by atoms with Gasteiger partial charge < -0.3 is 29.3 Å². The Morgan fingerprint density at radius 3 is 2.60 bits per heavy atom. The van der Waals surface area contributed by atoms with E-state index in [1.807, 2.05) is 18.2 Å². The average molecular weight is 502 g/mol. The molecule has 2 aliphatic rings. The Morgan fingerprint density at radius 2 is 1.86 bits per heavy atom. The van der Waals surface area contributed by atoms with Gasteiger partial charge in [-0.3, -0.25) is 9.59 Å². The summed E-state index contributed by atoms with van der Waals surface area (Å²) in [6.45, 7) is 3.41. The lowest BCUT2D eigenvalue weighted by Gasteiger charge is -2.34. The van der Waals surface area contributed by atoms with Gasteiger partial charge in [0.05, 0.1) is 26.3 Å². The first-order valence-electron chi connectivity index (χ1n) is 11.9. The summed E-state index contributed by atoms with van der Waals surface area (Å²) < 4.78 is 16.1. The molecule has 2 aliphatic heterocycles. The van der Waals surface area contributed by atoms with E-state index in [9.17, 15) is 9.59 Å². The molecule has 2 aromatic carbocycles. The van der Waals surface area contributed by atoms with Crippen LogP contribution in [0.15, 0.2) is 36.4 Å². The number of anilines is 1. The molecule has 0 bridgehead atoms. The fraction of sp³-hybridized carbons (Fsp3) is 0.462. The highest BCUT2D eigenvalue weighted by Gasteiger charge is 2.26. The number of amides is 2. The molecule has 1 saturated heterocycles. The highest BCUT2D eigenvalue weighted by molar-refractivity contribution is 6.31. The van der Waals surface area contributed by atoms with E-state index in [4.69, 9.17) is 25.8 Å². The molecular formula is C26H32ClN3O5. The molecule has 0 atom stereocenters. The lowest BCUT2D eigenvalue weighted by atomic mass is 10.0. The number of benzene rings is 2. The van der Waals surface area contributed by atoms with Gasteiger partial charge in [0.25, 0.3) is 5.91 Å². The first-order chi connectivity index (χ1) is 17.0. The van der Waals surface area contributed by atoms with Crippen molar-refractivity contribution in [2.45, 2.75) is 31.7 Å². The number of fused-ring (bicyclic) bond motifs is 1. The van der Waals surface area contributed by atoms with Gasteiger partial charge in [-0.2, -0.15) is 0 Å². The van der Waals surface area contributed by atoms with Crippen LogP contribution in [-0.4, -0.2) is 69.8 Å². The third-order valence-corrected chi connectivity index (χ3v) is 6.72. The van der Waals surface area contributed by atoms with Crippen molar-refractivity contribution in [3.63, 3.8) is 0 Å². The third-order valence-electron chi connectivity index (χ3n) is 6.49. The van der Waals surface area contributed by atoms with Crippen LogP contribution in [0.2, 0.25) is 5.02 Å². The van der Waals surface area contributed by atoms with Gasteiger partial charge in [0.1, 0.15) is 5.75 Å².